The van der Waals surface area contributed by atoms with Gasteiger partial charge in [0.05, 0.1) is 6.04 Å². The number of imidazole rings is 1. The third-order valence-corrected chi connectivity index (χ3v) is 2.41. The first kappa shape index (κ1) is 14.0. The molecular weight excluding hydrogens is 236 g/mol. The molecule has 0 saturated heterocycles. The minimum absolute atomic E-state index is 0.0357. The molecule has 0 aromatic carbocycles. The van der Waals surface area contributed by atoms with E-state index in [1.54, 1.807) is 26.2 Å². The zero-order valence-corrected chi connectivity index (χ0v) is 10.4. The lowest BCUT2D eigenvalue weighted by Gasteiger charge is -2.14. The van der Waals surface area contributed by atoms with E-state index in [1.165, 1.54) is 0 Å². The summed E-state index contributed by atoms with van der Waals surface area (Å²) in [6.07, 6.45) is 3.33. The number of carbonyl (C=O) groups excluding carboxylic acids is 1. The highest BCUT2D eigenvalue weighted by atomic mass is 16.4. The van der Waals surface area contributed by atoms with Crippen LogP contribution in [0.2, 0.25) is 0 Å². The van der Waals surface area contributed by atoms with Crippen LogP contribution in [0, 0.1) is 5.92 Å². The standard InChI is InChI=1S/C11H18N4O3/c1-7(5-9(16)17)6-14-11(18)15-8(2)10-12-3-4-13-10/h3-4,7-8H,5-6H2,1-2H3,(H,12,13)(H,16,17)(H2,14,15,18). The molecule has 4 N–H and O–H groups in total. The number of urea groups is 1. The van der Waals surface area contributed by atoms with Gasteiger partial charge in [-0.25, -0.2) is 9.78 Å². The molecule has 1 aromatic heterocycles. The molecule has 1 heterocycles. The van der Waals surface area contributed by atoms with Crippen molar-refractivity contribution < 1.29 is 14.7 Å². The van der Waals surface area contributed by atoms with Gasteiger partial charge in [0.1, 0.15) is 5.82 Å². The molecular formula is C11H18N4O3. The fourth-order valence-corrected chi connectivity index (χ4v) is 1.47. The zero-order chi connectivity index (χ0) is 13.5. The van der Waals surface area contributed by atoms with Crippen molar-refractivity contribution >= 4 is 12.0 Å². The van der Waals surface area contributed by atoms with Crippen molar-refractivity contribution in [3.8, 4) is 0 Å². The van der Waals surface area contributed by atoms with Crippen LogP contribution < -0.4 is 10.6 Å². The maximum absolute atomic E-state index is 11.5. The maximum Gasteiger partial charge on any atom is 0.315 e. The van der Waals surface area contributed by atoms with Gasteiger partial charge in [0, 0.05) is 25.4 Å². The van der Waals surface area contributed by atoms with Gasteiger partial charge in [0.2, 0.25) is 0 Å². The van der Waals surface area contributed by atoms with Crippen LogP contribution in [0.3, 0.4) is 0 Å². The van der Waals surface area contributed by atoms with E-state index in [4.69, 9.17) is 5.11 Å². The molecule has 0 spiro atoms. The molecule has 0 fully saturated rings. The molecule has 2 amide bonds. The number of aromatic amines is 1. The molecule has 0 aliphatic rings. The van der Waals surface area contributed by atoms with Gasteiger partial charge in [-0.2, -0.15) is 0 Å². The Balaban J connectivity index is 2.27. The van der Waals surface area contributed by atoms with E-state index < -0.39 is 5.97 Å². The molecule has 0 aliphatic heterocycles. The summed E-state index contributed by atoms with van der Waals surface area (Å²) < 4.78 is 0. The van der Waals surface area contributed by atoms with E-state index >= 15 is 0 Å². The number of aromatic nitrogens is 2. The predicted molar refractivity (Wildman–Crippen MR) is 65.0 cm³/mol. The van der Waals surface area contributed by atoms with Crippen molar-refractivity contribution in [2.45, 2.75) is 26.3 Å². The van der Waals surface area contributed by atoms with Crippen LogP contribution in [0.1, 0.15) is 32.1 Å². The molecule has 0 aliphatic carbocycles. The summed E-state index contributed by atoms with van der Waals surface area (Å²) in [5.41, 5.74) is 0. The average molecular weight is 254 g/mol. The van der Waals surface area contributed by atoms with Gasteiger partial charge in [0.25, 0.3) is 0 Å². The van der Waals surface area contributed by atoms with Gasteiger partial charge in [-0.1, -0.05) is 6.92 Å². The monoisotopic (exact) mass is 254 g/mol. The van der Waals surface area contributed by atoms with Gasteiger partial charge in [-0.3, -0.25) is 4.79 Å². The van der Waals surface area contributed by atoms with E-state index in [1.807, 2.05) is 0 Å². The Kier molecular flexibility index (Phi) is 5.16. The Bertz CT molecular complexity index is 391. The van der Waals surface area contributed by atoms with Crippen LogP contribution in [-0.2, 0) is 4.79 Å². The fraction of sp³-hybridized carbons (Fsp3) is 0.545. The Labute approximate surface area is 105 Å². The summed E-state index contributed by atoms with van der Waals surface area (Å²) in [6, 6.07) is -0.564. The van der Waals surface area contributed by atoms with Crippen LogP contribution in [0.25, 0.3) is 0 Å². The Morgan fingerprint density at radius 1 is 1.50 bits per heavy atom. The van der Waals surface area contributed by atoms with Crippen molar-refractivity contribution in [3.63, 3.8) is 0 Å². The van der Waals surface area contributed by atoms with Crippen molar-refractivity contribution in [2.24, 2.45) is 5.92 Å². The highest BCUT2D eigenvalue weighted by Gasteiger charge is 2.13. The number of amides is 2. The first-order chi connectivity index (χ1) is 8.49. The zero-order valence-electron chi connectivity index (χ0n) is 10.4. The SMILES string of the molecule is CC(CNC(=O)NC(C)c1ncc[nH]1)CC(=O)O. The number of hydrogen-bond donors (Lipinski definition) is 4. The second-order valence-electron chi connectivity index (χ2n) is 4.25. The number of carboxylic acid groups (broad SMARTS) is 1. The topological polar surface area (TPSA) is 107 Å². The second-order valence-corrected chi connectivity index (χ2v) is 4.25. The van der Waals surface area contributed by atoms with Crippen LogP contribution >= 0.6 is 0 Å². The molecule has 0 radical (unpaired) electrons. The summed E-state index contributed by atoms with van der Waals surface area (Å²) >= 11 is 0. The summed E-state index contributed by atoms with van der Waals surface area (Å²) in [5, 5.41) is 13.9. The van der Waals surface area contributed by atoms with Gasteiger partial charge >= 0.3 is 12.0 Å². The van der Waals surface area contributed by atoms with E-state index in [-0.39, 0.29) is 24.4 Å². The van der Waals surface area contributed by atoms with Crippen LogP contribution in [0.15, 0.2) is 12.4 Å². The van der Waals surface area contributed by atoms with E-state index in [2.05, 4.69) is 20.6 Å². The number of nitrogens with zero attached hydrogens (tertiary/aromatic N) is 1. The number of nitrogens with one attached hydrogen (secondary N) is 3. The minimum atomic E-state index is -0.867. The summed E-state index contributed by atoms with van der Waals surface area (Å²) in [7, 11) is 0. The molecule has 18 heavy (non-hydrogen) atoms. The molecule has 2 atom stereocenters. The fourth-order valence-electron chi connectivity index (χ4n) is 1.47. The highest BCUT2D eigenvalue weighted by Crippen LogP contribution is 2.04. The lowest BCUT2D eigenvalue weighted by atomic mass is 10.1. The molecule has 7 nitrogen and oxygen atoms in total. The van der Waals surface area contributed by atoms with Gasteiger partial charge < -0.3 is 20.7 Å². The molecule has 1 rings (SSSR count). The quantitative estimate of drug-likeness (QED) is 0.604. The second kappa shape index (κ2) is 6.63. The summed E-state index contributed by atoms with van der Waals surface area (Å²) in [5.74, 6) is -0.301. The predicted octanol–water partition coefficient (Wildman–Crippen LogP) is 0.881. The first-order valence-corrected chi connectivity index (χ1v) is 5.74. The first-order valence-electron chi connectivity index (χ1n) is 5.74. The number of H-pyrrole nitrogens is 1. The number of aliphatic carboxylic acids is 1. The largest absolute Gasteiger partial charge is 0.481 e. The van der Waals surface area contributed by atoms with E-state index in [0.717, 1.165) is 0 Å². The smallest absolute Gasteiger partial charge is 0.315 e. The van der Waals surface area contributed by atoms with Crippen molar-refractivity contribution in [1.82, 2.24) is 20.6 Å². The molecule has 0 bridgehead atoms. The van der Waals surface area contributed by atoms with Crippen molar-refractivity contribution in [2.75, 3.05) is 6.54 Å². The van der Waals surface area contributed by atoms with Crippen molar-refractivity contribution in [1.29, 1.82) is 0 Å². The van der Waals surface area contributed by atoms with Gasteiger partial charge in [0.15, 0.2) is 0 Å². The van der Waals surface area contributed by atoms with Crippen molar-refractivity contribution in [3.05, 3.63) is 18.2 Å². The molecule has 2 unspecified atom stereocenters. The minimum Gasteiger partial charge on any atom is -0.481 e. The summed E-state index contributed by atoms with van der Waals surface area (Å²) in [6.45, 7) is 3.90. The normalized spacial score (nSPS) is 13.7. The number of hydrogen-bond acceptors (Lipinski definition) is 3. The maximum atomic E-state index is 11.5. The van der Waals surface area contributed by atoms with E-state index in [0.29, 0.717) is 12.4 Å². The number of rotatable bonds is 6. The highest BCUT2D eigenvalue weighted by molar-refractivity contribution is 5.74. The Morgan fingerprint density at radius 2 is 2.22 bits per heavy atom. The van der Waals surface area contributed by atoms with Gasteiger partial charge in [-0.15, -0.1) is 0 Å². The van der Waals surface area contributed by atoms with E-state index in [9.17, 15) is 9.59 Å². The third kappa shape index (κ3) is 4.86. The Morgan fingerprint density at radius 3 is 2.78 bits per heavy atom. The number of carboxylic acids is 1. The molecule has 1 aromatic rings. The molecule has 7 heteroatoms. The van der Waals surface area contributed by atoms with Crippen LogP contribution in [-0.4, -0.2) is 33.6 Å². The van der Waals surface area contributed by atoms with Gasteiger partial charge in [-0.05, 0) is 12.8 Å². The average Bonchev–Trinajstić information content (AvgIpc) is 2.78. The third-order valence-electron chi connectivity index (χ3n) is 2.41. The molecule has 0 saturated carbocycles. The lowest BCUT2D eigenvalue weighted by Crippen LogP contribution is -2.39. The van der Waals surface area contributed by atoms with Crippen LogP contribution in [0.4, 0.5) is 4.79 Å². The molecule has 100 valence electrons. The summed E-state index contributed by atoms with van der Waals surface area (Å²) in [4.78, 5) is 28.9. The van der Waals surface area contributed by atoms with Crippen LogP contribution in [0.5, 0.6) is 0 Å². The Hall–Kier alpha value is -2.05. The number of carbonyl (C=O) groups is 2. The lowest BCUT2D eigenvalue weighted by molar-refractivity contribution is -0.137.